The van der Waals surface area contributed by atoms with Gasteiger partial charge in [-0.05, 0) is 70.2 Å². The predicted molar refractivity (Wildman–Crippen MR) is 137 cm³/mol. The standard InChI is InChI=1S/C28H36N2O5/c1-6-34-23-11-8-7-10-22(23)25-24(27(32)28(33)30(25)17-9-16-29(4)5)26(31)20-12-14-21(15-13-20)35-18-19(2)3/h7-8,10-15,19,25,31H,6,9,16-18H2,1-5H3/b26-24+/t25-/m1/s1. The largest absolute Gasteiger partial charge is 0.507 e. The number of aliphatic hydroxyl groups is 1. The van der Waals surface area contributed by atoms with Gasteiger partial charge in [-0.3, -0.25) is 9.59 Å². The molecule has 3 rings (SSSR count). The van der Waals surface area contributed by atoms with Gasteiger partial charge in [0.1, 0.15) is 17.3 Å². The number of benzene rings is 2. The molecule has 1 aliphatic heterocycles. The van der Waals surface area contributed by atoms with Crippen LogP contribution in [0.3, 0.4) is 0 Å². The van der Waals surface area contributed by atoms with Crippen molar-refractivity contribution in [3.05, 3.63) is 65.2 Å². The second-order valence-electron chi connectivity index (χ2n) is 9.35. The van der Waals surface area contributed by atoms with Crippen LogP contribution in [0.2, 0.25) is 0 Å². The number of ether oxygens (including phenoxy) is 2. The van der Waals surface area contributed by atoms with E-state index < -0.39 is 17.7 Å². The molecule has 1 heterocycles. The van der Waals surface area contributed by atoms with Crippen LogP contribution in [0.4, 0.5) is 0 Å². The van der Waals surface area contributed by atoms with Crippen molar-refractivity contribution in [3.8, 4) is 11.5 Å². The number of likely N-dealkylation sites (tertiary alicyclic amines) is 1. The summed E-state index contributed by atoms with van der Waals surface area (Å²) in [6, 6.07) is 13.5. The highest BCUT2D eigenvalue weighted by Crippen LogP contribution is 2.42. The van der Waals surface area contributed by atoms with Crippen molar-refractivity contribution in [2.45, 2.75) is 33.2 Å². The van der Waals surface area contributed by atoms with E-state index in [2.05, 4.69) is 13.8 Å². The zero-order chi connectivity index (χ0) is 25.5. The minimum atomic E-state index is -0.739. The molecule has 0 saturated carbocycles. The molecule has 35 heavy (non-hydrogen) atoms. The van der Waals surface area contributed by atoms with E-state index in [1.807, 2.05) is 50.2 Å². The lowest BCUT2D eigenvalue weighted by molar-refractivity contribution is -0.140. The molecule has 1 fully saturated rings. The second-order valence-corrected chi connectivity index (χ2v) is 9.35. The number of hydrogen-bond donors (Lipinski definition) is 1. The van der Waals surface area contributed by atoms with Gasteiger partial charge >= 0.3 is 0 Å². The summed E-state index contributed by atoms with van der Waals surface area (Å²) in [7, 11) is 3.93. The van der Waals surface area contributed by atoms with Crippen LogP contribution in [0.15, 0.2) is 54.1 Å². The van der Waals surface area contributed by atoms with Crippen LogP contribution in [0, 0.1) is 5.92 Å². The van der Waals surface area contributed by atoms with Gasteiger partial charge in [0.25, 0.3) is 11.7 Å². The average molecular weight is 481 g/mol. The number of hydrogen-bond acceptors (Lipinski definition) is 6. The van der Waals surface area contributed by atoms with Crippen molar-refractivity contribution in [2.75, 3.05) is 40.4 Å². The van der Waals surface area contributed by atoms with Crippen LogP contribution in [0.25, 0.3) is 5.76 Å². The fourth-order valence-corrected chi connectivity index (χ4v) is 4.11. The summed E-state index contributed by atoms with van der Waals surface area (Å²) in [5.41, 5.74) is 1.20. The minimum Gasteiger partial charge on any atom is -0.507 e. The van der Waals surface area contributed by atoms with Crippen molar-refractivity contribution >= 4 is 17.4 Å². The molecule has 1 saturated heterocycles. The monoisotopic (exact) mass is 480 g/mol. The summed E-state index contributed by atoms with van der Waals surface area (Å²) >= 11 is 0. The Bertz CT molecular complexity index is 1060. The van der Waals surface area contributed by atoms with Gasteiger partial charge in [-0.15, -0.1) is 0 Å². The Hall–Kier alpha value is -3.32. The lowest BCUT2D eigenvalue weighted by Crippen LogP contribution is -2.32. The number of amides is 1. The van der Waals surface area contributed by atoms with Crippen LogP contribution in [0.1, 0.15) is 44.4 Å². The van der Waals surface area contributed by atoms with E-state index in [4.69, 9.17) is 9.47 Å². The third-order valence-electron chi connectivity index (χ3n) is 5.77. The Kier molecular flexibility index (Phi) is 8.93. The summed E-state index contributed by atoms with van der Waals surface area (Å²) < 4.78 is 11.6. The molecule has 0 radical (unpaired) electrons. The highest BCUT2D eigenvalue weighted by atomic mass is 16.5. The molecule has 7 nitrogen and oxygen atoms in total. The maximum absolute atomic E-state index is 13.2. The number of carbonyl (C=O) groups is 2. The molecule has 2 aromatic rings. The lowest BCUT2D eigenvalue weighted by Gasteiger charge is -2.27. The van der Waals surface area contributed by atoms with Gasteiger partial charge in [-0.2, -0.15) is 0 Å². The Labute approximate surface area is 207 Å². The highest BCUT2D eigenvalue weighted by Gasteiger charge is 2.46. The maximum Gasteiger partial charge on any atom is 0.295 e. The number of para-hydroxylation sites is 1. The highest BCUT2D eigenvalue weighted by molar-refractivity contribution is 6.46. The van der Waals surface area contributed by atoms with Gasteiger partial charge in [0.05, 0.1) is 24.8 Å². The first kappa shape index (κ1) is 26.3. The van der Waals surface area contributed by atoms with Crippen molar-refractivity contribution < 1.29 is 24.2 Å². The van der Waals surface area contributed by atoms with Crippen molar-refractivity contribution in [1.29, 1.82) is 0 Å². The summed E-state index contributed by atoms with van der Waals surface area (Å²) in [6.45, 7) is 8.18. The maximum atomic E-state index is 13.2. The van der Waals surface area contributed by atoms with E-state index in [1.165, 1.54) is 0 Å². The molecular weight excluding hydrogens is 444 g/mol. The zero-order valence-electron chi connectivity index (χ0n) is 21.3. The van der Waals surface area contributed by atoms with Crippen molar-refractivity contribution in [3.63, 3.8) is 0 Å². The number of ketones is 1. The number of carbonyl (C=O) groups excluding carboxylic acids is 2. The van der Waals surface area contributed by atoms with Gasteiger partial charge in [0.15, 0.2) is 0 Å². The Morgan fingerprint density at radius 1 is 1.06 bits per heavy atom. The van der Waals surface area contributed by atoms with E-state index in [0.717, 1.165) is 6.54 Å². The van der Waals surface area contributed by atoms with E-state index >= 15 is 0 Å². The van der Waals surface area contributed by atoms with Gasteiger partial charge in [0, 0.05) is 17.7 Å². The van der Waals surface area contributed by atoms with Crippen LogP contribution < -0.4 is 9.47 Å². The first-order valence-electron chi connectivity index (χ1n) is 12.1. The molecule has 7 heteroatoms. The Morgan fingerprint density at radius 3 is 2.37 bits per heavy atom. The van der Waals surface area contributed by atoms with E-state index in [9.17, 15) is 14.7 Å². The van der Waals surface area contributed by atoms with Gasteiger partial charge in [-0.25, -0.2) is 0 Å². The minimum absolute atomic E-state index is 0.0721. The molecule has 0 aliphatic carbocycles. The smallest absolute Gasteiger partial charge is 0.295 e. The van der Waals surface area contributed by atoms with E-state index in [0.29, 0.717) is 54.7 Å². The molecule has 1 atom stereocenters. The fraction of sp³-hybridized carbons (Fsp3) is 0.429. The Balaban J connectivity index is 2.05. The number of Topliss-reactive ketones (excluding diaryl/α,β-unsaturated/α-hetero) is 1. The molecule has 1 N–H and O–H groups in total. The fourth-order valence-electron chi connectivity index (χ4n) is 4.11. The second kappa shape index (κ2) is 11.9. The van der Waals surface area contributed by atoms with Crippen molar-refractivity contribution in [2.24, 2.45) is 5.92 Å². The zero-order valence-corrected chi connectivity index (χ0v) is 21.3. The summed E-state index contributed by atoms with van der Waals surface area (Å²) in [4.78, 5) is 30.0. The number of rotatable bonds is 11. The van der Waals surface area contributed by atoms with Gasteiger partial charge in [-0.1, -0.05) is 32.0 Å². The number of nitrogens with zero attached hydrogens (tertiary/aromatic N) is 2. The molecule has 188 valence electrons. The first-order valence-corrected chi connectivity index (χ1v) is 12.1. The molecule has 1 amide bonds. The molecule has 2 aromatic carbocycles. The third-order valence-corrected chi connectivity index (χ3v) is 5.77. The summed E-state index contributed by atoms with van der Waals surface area (Å²) in [5, 5.41) is 11.3. The molecule has 1 aliphatic rings. The normalized spacial score (nSPS) is 17.5. The van der Waals surface area contributed by atoms with E-state index in [1.54, 1.807) is 29.2 Å². The predicted octanol–water partition coefficient (Wildman–Crippen LogP) is 4.49. The van der Waals surface area contributed by atoms with Crippen molar-refractivity contribution in [1.82, 2.24) is 9.80 Å². The molecule has 0 aromatic heterocycles. The number of aliphatic hydroxyl groups excluding tert-OH is 1. The molecule has 0 bridgehead atoms. The van der Waals surface area contributed by atoms with Gasteiger partial charge in [0.2, 0.25) is 0 Å². The molecule has 0 spiro atoms. The Morgan fingerprint density at radius 2 is 1.74 bits per heavy atom. The lowest BCUT2D eigenvalue weighted by atomic mass is 9.94. The van der Waals surface area contributed by atoms with E-state index in [-0.39, 0.29) is 11.3 Å². The SMILES string of the molecule is CCOc1ccccc1[C@@H]1/C(=C(\O)c2ccc(OCC(C)C)cc2)C(=O)C(=O)N1CCCN(C)C. The van der Waals surface area contributed by atoms with Crippen LogP contribution in [-0.4, -0.2) is 67.0 Å². The quantitative estimate of drug-likeness (QED) is 0.290. The molecular formula is C28H36N2O5. The van der Waals surface area contributed by atoms with Crippen LogP contribution >= 0.6 is 0 Å². The first-order chi connectivity index (χ1) is 16.7. The summed E-state index contributed by atoms with van der Waals surface area (Å²) in [5.74, 6) is 0.143. The summed E-state index contributed by atoms with van der Waals surface area (Å²) in [6.07, 6.45) is 0.690. The van der Waals surface area contributed by atoms with Gasteiger partial charge < -0.3 is 24.4 Å². The van der Waals surface area contributed by atoms with Crippen LogP contribution in [-0.2, 0) is 9.59 Å². The molecule has 0 unspecified atom stereocenters. The topological polar surface area (TPSA) is 79.3 Å². The average Bonchev–Trinajstić information content (AvgIpc) is 3.08. The third kappa shape index (κ3) is 6.22. The van der Waals surface area contributed by atoms with Crippen LogP contribution in [0.5, 0.6) is 11.5 Å².